The van der Waals surface area contributed by atoms with Gasteiger partial charge in [0.25, 0.3) is 5.91 Å². The molecular formula is C47H54N4O11S2. The fraction of sp³-hybridized carbons (Fsp3) is 0.383. The van der Waals surface area contributed by atoms with Crippen molar-refractivity contribution in [3.05, 3.63) is 93.7 Å². The molecule has 0 saturated heterocycles. The molecule has 0 aliphatic carbocycles. The summed E-state index contributed by atoms with van der Waals surface area (Å²) in [5, 5.41) is 8.39. The van der Waals surface area contributed by atoms with Crippen LogP contribution in [-0.4, -0.2) is 77.8 Å². The molecule has 0 atom stereocenters. The van der Waals surface area contributed by atoms with Gasteiger partial charge in [-0.05, 0) is 126 Å². The standard InChI is InChI=1S/C47H54N4O11S2/c1-9-11-21-58-39(52)27-51(26-29-13-20-36-31(23-29)24-38(64-36)42(55)59-22-12-10-2)40(53)35-28-63-37-25-33(18-19-34(35)37)60-41(54)30-14-16-32(17-15-30)48-43(49-44(56)61-46(3,4)5)50-45(57)62-47(6,7)8/h13-20,23-25,28H,9-12,21-22,26-27H2,1-8H3,(H2,48,49,50,56,57). The molecule has 0 fully saturated rings. The lowest BCUT2D eigenvalue weighted by molar-refractivity contribution is -0.144. The van der Waals surface area contributed by atoms with Crippen molar-refractivity contribution in [1.29, 1.82) is 0 Å². The van der Waals surface area contributed by atoms with Gasteiger partial charge in [-0.2, -0.15) is 0 Å². The Bertz CT molecular complexity index is 2510. The maximum absolute atomic E-state index is 14.2. The molecule has 5 aromatic rings. The average Bonchev–Trinajstić information content (AvgIpc) is 3.83. The Hall–Kier alpha value is -6.33. The second-order valence-electron chi connectivity index (χ2n) is 16.7. The van der Waals surface area contributed by atoms with Crippen molar-refractivity contribution in [1.82, 2.24) is 10.2 Å². The van der Waals surface area contributed by atoms with Crippen LogP contribution < -0.4 is 15.4 Å². The van der Waals surface area contributed by atoms with Gasteiger partial charge in [0.2, 0.25) is 5.96 Å². The number of hydrogen-bond donors (Lipinski definition) is 2. The number of anilines is 1. The Morgan fingerprint density at radius 3 is 2.11 bits per heavy atom. The molecule has 64 heavy (non-hydrogen) atoms. The van der Waals surface area contributed by atoms with Crippen molar-refractivity contribution in [3.8, 4) is 5.75 Å². The average molecular weight is 915 g/mol. The lowest BCUT2D eigenvalue weighted by atomic mass is 10.1. The van der Waals surface area contributed by atoms with Crippen LogP contribution in [0.25, 0.3) is 20.2 Å². The monoisotopic (exact) mass is 914 g/mol. The van der Waals surface area contributed by atoms with Crippen LogP contribution in [0.3, 0.4) is 0 Å². The van der Waals surface area contributed by atoms with E-state index in [0.717, 1.165) is 34.9 Å². The first kappa shape index (κ1) is 48.7. The third-order valence-electron chi connectivity index (χ3n) is 8.84. The quantitative estimate of drug-likeness (QED) is 0.0253. The SMILES string of the molecule is CCCCOC(=O)CN(Cc1ccc2sc(C(=O)OCCCC)cc2c1)C(=O)c1csc2cc(OC(=O)c3ccc(N/C(=N/C(=O)OC(C)(C)C)NC(=O)OC(C)(C)C)cc3)ccc12. The molecule has 3 amide bonds. The predicted octanol–water partition coefficient (Wildman–Crippen LogP) is 10.5. The predicted molar refractivity (Wildman–Crippen MR) is 248 cm³/mol. The molecule has 0 aliphatic rings. The van der Waals surface area contributed by atoms with Crippen LogP contribution >= 0.6 is 22.7 Å². The van der Waals surface area contributed by atoms with E-state index in [1.54, 1.807) is 71.2 Å². The molecule has 2 N–H and O–H groups in total. The first-order valence-electron chi connectivity index (χ1n) is 20.9. The van der Waals surface area contributed by atoms with Crippen molar-refractivity contribution >= 4 is 90.5 Å². The zero-order valence-electron chi connectivity index (χ0n) is 37.3. The number of thiophene rings is 2. The molecule has 15 nitrogen and oxygen atoms in total. The van der Waals surface area contributed by atoms with Crippen LogP contribution in [0.4, 0.5) is 15.3 Å². The second kappa shape index (κ2) is 21.8. The van der Waals surface area contributed by atoms with Crippen molar-refractivity contribution < 1.29 is 52.5 Å². The largest absolute Gasteiger partial charge is 0.464 e. The number of carbonyl (C=O) groups excluding carboxylic acids is 6. The van der Waals surface area contributed by atoms with Gasteiger partial charge in [0, 0.05) is 32.4 Å². The molecule has 0 radical (unpaired) electrons. The van der Waals surface area contributed by atoms with Crippen LogP contribution in [0.1, 0.15) is 117 Å². The highest BCUT2D eigenvalue weighted by molar-refractivity contribution is 7.20. The van der Waals surface area contributed by atoms with E-state index >= 15 is 0 Å². The van der Waals surface area contributed by atoms with Crippen LogP contribution in [0.5, 0.6) is 5.75 Å². The summed E-state index contributed by atoms with van der Waals surface area (Å²) in [5.74, 6) is -1.97. The molecule has 2 aromatic heterocycles. The highest BCUT2D eigenvalue weighted by atomic mass is 32.1. The van der Waals surface area contributed by atoms with Crippen LogP contribution in [0, 0.1) is 0 Å². The number of amides is 3. The normalized spacial score (nSPS) is 11.8. The van der Waals surface area contributed by atoms with E-state index in [1.165, 1.54) is 51.8 Å². The number of guanidine groups is 1. The van der Waals surface area contributed by atoms with E-state index in [4.69, 9.17) is 23.7 Å². The van der Waals surface area contributed by atoms with Crippen LogP contribution in [0.2, 0.25) is 0 Å². The van der Waals surface area contributed by atoms with Gasteiger partial charge in [0.15, 0.2) is 0 Å². The molecule has 3 aromatic carbocycles. The van der Waals surface area contributed by atoms with Gasteiger partial charge in [-0.1, -0.05) is 32.8 Å². The molecule has 0 bridgehead atoms. The number of aliphatic imine (C=N–C) groups is 1. The lowest BCUT2D eigenvalue weighted by Gasteiger charge is -2.22. The fourth-order valence-electron chi connectivity index (χ4n) is 5.89. The van der Waals surface area contributed by atoms with E-state index in [9.17, 15) is 28.8 Å². The summed E-state index contributed by atoms with van der Waals surface area (Å²) < 4.78 is 28.7. The second-order valence-corrected chi connectivity index (χ2v) is 18.7. The smallest absolute Gasteiger partial charge is 0.437 e. The summed E-state index contributed by atoms with van der Waals surface area (Å²) in [6.45, 7) is 14.5. The minimum Gasteiger partial charge on any atom is -0.464 e. The number of nitrogens with one attached hydrogen (secondary N) is 2. The topological polar surface area (TPSA) is 188 Å². The van der Waals surface area contributed by atoms with Gasteiger partial charge in [0.1, 0.15) is 28.4 Å². The maximum Gasteiger partial charge on any atom is 0.437 e. The Morgan fingerprint density at radius 2 is 1.44 bits per heavy atom. The zero-order valence-corrected chi connectivity index (χ0v) is 38.9. The number of benzene rings is 3. The van der Waals surface area contributed by atoms with E-state index in [1.807, 2.05) is 32.0 Å². The summed E-state index contributed by atoms with van der Waals surface area (Å²) in [7, 11) is 0. The minimum atomic E-state index is -0.948. The zero-order chi connectivity index (χ0) is 46.6. The first-order chi connectivity index (χ1) is 30.3. The third kappa shape index (κ3) is 14.6. The van der Waals surface area contributed by atoms with Crippen LogP contribution in [-0.2, 0) is 30.3 Å². The fourth-order valence-corrected chi connectivity index (χ4v) is 7.79. The number of nitrogens with zero attached hydrogens (tertiary/aromatic N) is 2. The molecule has 0 saturated carbocycles. The summed E-state index contributed by atoms with van der Waals surface area (Å²) >= 11 is 2.62. The summed E-state index contributed by atoms with van der Waals surface area (Å²) in [4.78, 5) is 83.9. The number of alkyl carbamates (subject to hydrolysis) is 1. The summed E-state index contributed by atoms with van der Waals surface area (Å²) in [6.07, 6.45) is 1.44. The summed E-state index contributed by atoms with van der Waals surface area (Å²) in [6, 6.07) is 18.4. The number of rotatable bonds is 15. The molecule has 17 heteroatoms. The maximum atomic E-state index is 14.2. The lowest BCUT2D eigenvalue weighted by Crippen LogP contribution is -2.40. The van der Waals surface area contributed by atoms with E-state index < -0.39 is 35.3 Å². The molecule has 340 valence electrons. The van der Waals surface area contributed by atoms with Gasteiger partial charge in [-0.3, -0.25) is 14.9 Å². The number of fused-ring (bicyclic) bond motifs is 2. The van der Waals surface area contributed by atoms with Crippen molar-refractivity contribution in [3.63, 3.8) is 0 Å². The van der Waals surface area contributed by atoms with Crippen molar-refractivity contribution in [2.24, 2.45) is 4.99 Å². The number of esters is 3. The van der Waals surface area contributed by atoms with Gasteiger partial charge in [-0.25, -0.2) is 19.2 Å². The number of unbranched alkanes of at least 4 members (excludes halogenated alkanes) is 2. The Balaban J connectivity index is 1.30. The molecule has 0 unspecified atom stereocenters. The van der Waals surface area contributed by atoms with E-state index in [2.05, 4.69) is 15.6 Å². The third-order valence-corrected chi connectivity index (χ3v) is 10.9. The molecule has 2 heterocycles. The van der Waals surface area contributed by atoms with Crippen LogP contribution in [0.15, 0.2) is 77.1 Å². The highest BCUT2D eigenvalue weighted by Gasteiger charge is 2.25. The number of hydrogen-bond acceptors (Lipinski definition) is 13. The number of ether oxygens (including phenoxy) is 5. The highest BCUT2D eigenvalue weighted by Crippen LogP contribution is 2.32. The molecule has 0 aliphatic heterocycles. The Morgan fingerprint density at radius 1 is 0.750 bits per heavy atom. The van der Waals surface area contributed by atoms with Gasteiger partial charge >= 0.3 is 30.1 Å². The summed E-state index contributed by atoms with van der Waals surface area (Å²) in [5.41, 5.74) is 0.0485. The molecular weight excluding hydrogens is 861 g/mol. The minimum absolute atomic E-state index is 0.100. The van der Waals surface area contributed by atoms with E-state index in [-0.39, 0.29) is 48.8 Å². The van der Waals surface area contributed by atoms with Crippen molar-refractivity contribution in [2.45, 2.75) is 98.8 Å². The van der Waals surface area contributed by atoms with Crippen molar-refractivity contribution in [2.75, 3.05) is 25.1 Å². The Labute approximate surface area is 380 Å². The first-order valence-corrected chi connectivity index (χ1v) is 22.6. The molecule has 5 rings (SSSR count). The van der Waals surface area contributed by atoms with E-state index in [0.29, 0.717) is 39.2 Å². The molecule has 0 spiro atoms. The van der Waals surface area contributed by atoms with Gasteiger partial charge < -0.3 is 33.9 Å². The van der Waals surface area contributed by atoms with Gasteiger partial charge in [-0.15, -0.1) is 27.7 Å². The Kier molecular flexibility index (Phi) is 16.6. The number of carbonyl (C=O) groups is 6. The van der Waals surface area contributed by atoms with Gasteiger partial charge in [0.05, 0.1) is 24.3 Å².